The van der Waals surface area contributed by atoms with E-state index in [1.165, 1.54) is 6.92 Å². The van der Waals surface area contributed by atoms with Gasteiger partial charge in [-0.2, -0.15) is 0 Å². The van der Waals surface area contributed by atoms with E-state index in [-0.39, 0.29) is 12.5 Å². The lowest BCUT2D eigenvalue weighted by atomic mass is 10.0. The molecule has 0 saturated carbocycles. The fraction of sp³-hybridized carbons (Fsp3) is 0.385. The molecule has 4 nitrogen and oxygen atoms in total. The molecule has 1 aromatic carbocycles. The van der Waals surface area contributed by atoms with Gasteiger partial charge >= 0.3 is 5.97 Å². The standard InChI is InChI=1S/C13H17O4/c1-4-16-12-5-11(9(2)8-14)6-13(7-12)17-10(3)15/h5-7,9,14H,2,4,8H2,1,3H3. The Kier molecular flexibility index (Phi) is 4.97. The van der Waals surface area contributed by atoms with Crippen LogP contribution in [-0.2, 0) is 4.79 Å². The van der Waals surface area contributed by atoms with Gasteiger partial charge in [-0.05, 0) is 31.5 Å². The molecule has 0 aliphatic rings. The summed E-state index contributed by atoms with van der Waals surface area (Å²) in [6.45, 7) is 7.45. The first-order chi connectivity index (χ1) is 8.06. The van der Waals surface area contributed by atoms with Crippen molar-refractivity contribution in [2.45, 2.75) is 19.8 Å². The SMILES string of the molecule is [CH2]C(CO)c1cc(OCC)cc(OC(C)=O)c1. The number of hydrogen-bond donors (Lipinski definition) is 1. The van der Waals surface area contributed by atoms with E-state index in [2.05, 4.69) is 6.92 Å². The number of ether oxygens (including phenoxy) is 2. The van der Waals surface area contributed by atoms with Crippen LogP contribution >= 0.6 is 0 Å². The van der Waals surface area contributed by atoms with Crippen molar-refractivity contribution in [2.24, 2.45) is 0 Å². The summed E-state index contributed by atoms with van der Waals surface area (Å²) in [5.41, 5.74) is 0.773. The van der Waals surface area contributed by atoms with Gasteiger partial charge in [-0.1, -0.05) is 0 Å². The molecule has 1 radical (unpaired) electrons. The monoisotopic (exact) mass is 237 g/mol. The Bertz CT molecular complexity index is 387. The van der Waals surface area contributed by atoms with E-state index in [0.717, 1.165) is 5.56 Å². The van der Waals surface area contributed by atoms with Gasteiger partial charge in [0, 0.05) is 25.5 Å². The van der Waals surface area contributed by atoms with Crippen molar-refractivity contribution in [2.75, 3.05) is 13.2 Å². The van der Waals surface area contributed by atoms with Gasteiger partial charge in [0.2, 0.25) is 0 Å². The minimum absolute atomic E-state index is 0.0743. The van der Waals surface area contributed by atoms with Crippen molar-refractivity contribution in [3.05, 3.63) is 30.7 Å². The molecule has 1 atom stereocenters. The fourth-order valence-corrected chi connectivity index (χ4v) is 1.41. The van der Waals surface area contributed by atoms with Gasteiger partial charge in [0.1, 0.15) is 11.5 Å². The van der Waals surface area contributed by atoms with Crippen LogP contribution < -0.4 is 9.47 Å². The topological polar surface area (TPSA) is 55.8 Å². The van der Waals surface area contributed by atoms with Crippen LogP contribution in [0.4, 0.5) is 0 Å². The van der Waals surface area contributed by atoms with Gasteiger partial charge in [-0.15, -0.1) is 0 Å². The van der Waals surface area contributed by atoms with Crippen molar-refractivity contribution in [3.8, 4) is 11.5 Å². The Labute approximate surface area is 101 Å². The minimum Gasteiger partial charge on any atom is -0.494 e. The van der Waals surface area contributed by atoms with E-state index < -0.39 is 5.97 Å². The second kappa shape index (κ2) is 6.25. The number of aliphatic hydroxyl groups is 1. The highest BCUT2D eigenvalue weighted by molar-refractivity contribution is 5.69. The second-order valence-corrected chi connectivity index (χ2v) is 3.64. The number of rotatable bonds is 5. The molecular weight excluding hydrogens is 220 g/mol. The zero-order chi connectivity index (χ0) is 12.8. The van der Waals surface area contributed by atoms with Crippen LogP contribution in [0.3, 0.4) is 0 Å². The van der Waals surface area contributed by atoms with Crippen LogP contribution in [0.5, 0.6) is 11.5 Å². The number of carbonyl (C=O) groups is 1. The Morgan fingerprint density at radius 3 is 2.59 bits per heavy atom. The molecule has 0 saturated heterocycles. The Morgan fingerprint density at radius 1 is 1.41 bits per heavy atom. The van der Waals surface area contributed by atoms with E-state index in [0.29, 0.717) is 18.1 Å². The zero-order valence-electron chi connectivity index (χ0n) is 10.1. The maximum atomic E-state index is 10.9. The number of aliphatic hydroxyl groups excluding tert-OH is 1. The maximum Gasteiger partial charge on any atom is 0.308 e. The average Bonchev–Trinajstić information content (AvgIpc) is 2.27. The first-order valence-corrected chi connectivity index (χ1v) is 5.47. The van der Waals surface area contributed by atoms with Gasteiger partial charge in [0.15, 0.2) is 0 Å². The second-order valence-electron chi connectivity index (χ2n) is 3.64. The van der Waals surface area contributed by atoms with Gasteiger partial charge in [0.05, 0.1) is 6.61 Å². The molecule has 93 valence electrons. The molecule has 1 rings (SSSR count). The minimum atomic E-state index is -0.394. The summed E-state index contributed by atoms with van der Waals surface area (Å²) in [6, 6.07) is 5.10. The lowest BCUT2D eigenvalue weighted by Crippen LogP contribution is -2.05. The molecule has 0 aliphatic carbocycles. The number of esters is 1. The number of hydrogen-bond acceptors (Lipinski definition) is 4. The fourth-order valence-electron chi connectivity index (χ4n) is 1.41. The summed E-state index contributed by atoms with van der Waals surface area (Å²) in [4.78, 5) is 10.9. The quantitative estimate of drug-likeness (QED) is 0.628. The van der Waals surface area contributed by atoms with Crippen molar-refractivity contribution >= 4 is 5.97 Å². The van der Waals surface area contributed by atoms with Crippen LogP contribution in [0, 0.1) is 6.92 Å². The van der Waals surface area contributed by atoms with E-state index in [9.17, 15) is 4.79 Å². The van der Waals surface area contributed by atoms with Gasteiger partial charge in [0.25, 0.3) is 0 Å². The van der Waals surface area contributed by atoms with Crippen molar-refractivity contribution in [1.82, 2.24) is 0 Å². The molecule has 1 unspecified atom stereocenters. The first-order valence-electron chi connectivity index (χ1n) is 5.47. The molecule has 1 N–H and O–H groups in total. The average molecular weight is 237 g/mol. The van der Waals surface area contributed by atoms with E-state index >= 15 is 0 Å². The summed E-state index contributed by atoms with van der Waals surface area (Å²) in [6.07, 6.45) is 0. The van der Waals surface area contributed by atoms with Crippen LogP contribution in [-0.4, -0.2) is 24.3 Å². The Balaban J connectivity index is 3.04. The lowest BCUT2D eigenvalue weighted by molar-refractivity contribution is -0.131. The molecule has 0 heterocycles. The third-order valence-electron chi connectivity index (χ3n) is 2.17. The molecule has 17 heavy (non-hydrogen) atoms. The summed E-state index contributed by atoms with van der Waals surface area (Å²) in [7, 11) is 0. The predicted octanol–water partition coefficient (Wildman–Crippen LogP) is 1.92. The van der Waals surface area contributed by atoms with E-state index in [1.54, 1.807) is 18.2 Å². The van der Waals surface area contributed by atoms with Crippen LogP contribution in [0.15, 0.2) is 18.2 Å². The van der Waals surface area contributed by atoms with Crippen molar-refractivity contribution in [1.29, 1.82) is 0 Å². The van der Waals surface area contributed by atoms with Crippen LogP contribution in [0.1, 0.15) is 25.3 Å². The van der Waals surface area contributed by atoms with Gasteiger partial charge in [-0.25, -0.2) is 0 Å². The largest absolute Gasteiger partial charge is 0.494 e. The number of benzene rings is 1. The third kappa shape index (κ3) is 4.07. The molecule has 0 fully saturated rings. The molecular formula is C13H17O4. The predicted molar refractivity (Wildman–Crippen MR) is 64.1 cm³/mol. The molecule has 0 aromatic heterocycles. The normalized spacial score (nSPS) is 12.0. The summed E-state index contributed by atoms with van der Waals surface area (Å²) in [5.74, 6) is 0.336. The molecule has 0 aliphatic heterocycles. The molecule has 1 aromatic rings. The van der Waals surface area contributed by atoms with Gasteiger partial charge < -0.3 is 14.6 Å². The van der Waals surface area contributed by atoms with E-state index in [4.69, 9.17) is 14.6 Å². The molecule has 0 amide bonds. The Hall–Kier alpha value is -1.55. The van der Waals surface area contributed by atoms with Crippen LogP contribution in [0.25, 0.3) is 0 Å². The number of carbonyl (C=O) groups excluding carboxylic acids is 1. The van der Waals surface area contributed by atoms with Gasteiger partial charge in [-0.3, -0.25) is 4.79 Å². The summed E-state index contributed by atoms with van der Waals surface area (Å²) in [5, 5.41) is 9.07. The highest BCUT2D eigenvalue weighted by atomic mass is 16.5. The van der Waals surface area contributed by atoms with Crippen LogP contribution in [0.2, 0.25) is 0 Å². The van der Waals surface area contributed by atoms with Crippen molar-refractivity contribution in [3.63, 3.8) is 0 Å². The smallest absolute Gasteiger partial charge is 0.308 e. The third-order valence-corrected chi connectivity index (χ3v) is 2.17. The van der Waals surface area contributed by atoms with Crippen molar-refractivity contribution < 1.29 is 19.4 Å². The lowest BCUT2D eigenvalue weighted by Gasteiger charge is -2.13. The molecule has 4 heteroatoms. The first kappa shape index (κ1) is 13.5. The highest BCUT2D eigenvalue weighted by Gasteiger charge is 2.10. The maximum absolute atomic E-state index is 10.9. The summed E-state index contributed by atoms with van der Waals surface area (Å²) >= 11 is 0. The Morgan fingerprint density at radius 2 is 2.06 bits per heavy atom. The highest BCUT2D eigenvalue weighted by Crippen LogP contribution is 2.27. The summed E-state index contributed by atoms with van der Waals surface area (Å²) < 4.78 is 10.4. The zero-order valence-corrected chi connectivity index (χ0v) is 10.1. The molecule has 0 spiro atoms. The molecule has 0 bridgehead atoms. The van der Waals surface area contributed by atoms with E-state index in [1.807, 2.05) is 6.92 Å².